The van der Waals surface area contributed by atoms with E-state index in [2.05, 4.69) is 15.8 Å². The first-order chi connectivity index (χ1) is 15.3. The van der Waals surface area contributed by atoms with E-state index in [1.54, 1.807) is 41.7 Å². The van der Waals surface area contributed by atoms with Crippen molar-refractivity contribution in [3.8, 4) is 0 Å². The lowest BCUT2D eigenvalue weighted by molar-refractivity contribution is 0.273. The van der Waals surface area contributed by atoms with E-state index in [9.17, 15) is 8.42 Å². The van der Waals surface area contributed by atoms with Crippen molar-refractivity contribution >= 4 is 44.8 Å². The zero-order valence-electron chi connectivity index (χ0n) is 18.0. The van der Waals surface area contributed by atoms with Gasteiger partial charge in [0.15, 0.2) is 0 Å². The van der Waals surface area contributed by atoms with E-state index in [-0.39, 0.29) is 11.3 Å². The molecule has 2 aliphatic rings. The minimum Gasteiger partial charge on any atom is -0.398 e. The van der Waals surface area contributed by atoms with Gasteiger partial charge in [0.1, 0.15) is 5.84 Å². The Morgan fingerprint density at radius 1 is 1.38 bits per heavy atom. The van der Waals surface area contributed by atoms with Crippen molar-refractivity contribution < 1.29 is 8.42 Å². The lowest BCUT2D eigenvalue weighted by Gasteiger charge is -2.32. The first-order valence-corrected chi connectivity index (χ1v) is 12.8. The summed E-state index contributed by atoms with van der Waals surface area (Å²) >= 11 is 12.3. The van der Waals surface area contributed by atoms with Gasteiger partial charge in [-0.05, 0) is 37.3 Å². The van der Waals surface area contributed by atoms with Gasteiger partial charge in [-0.1, -0.05) is 42.0 Å². The average molecular weight is 498 g/mol. The molecule has 174 valence electrons. The molecule has 0 amide bonds. The second kappa shape index (κ2) is 11.3. The summed E-state index contributed by atoms with van der Waals surface area (Å²) in [6, 6.07) is 7.33. The molecular formula is C22H29Cl2N5O2S. The molecule has 0 aromatic heterocycles. The number of sulfonamides is 1. The van der Waals surface area contributed by atoms with Gasteiger partial charge in [-0.3, -0.25) is 4.99 Å². The number of nitrogens with two attached hydrogens (primary N) is 1. The number of nitrogens with zero attached hydrogens (tertiary/aromatic N) is 2. The third kappa shape index (κ3) is 6.36. The summed E-state index contributed by atoms with van der Waals surface area (Å²) in [5.74, 6) is 0.659. The van der Waals surface area contributed by atoms with Crippen LogP contribution >= 0.6 is 23.2 Å². The van der Waals surface area contributed by atoms with E-state index in [4.69, 9.17) is 28.9 Å². The number of amidine groups is 1. The van der Waals surface area contributed by atoms with Gasteiger partial charge in [0, 0.05) is 49.0 Å². The predicted molar refractivity (Wildman–Crippen MR) is 133 cm³/mol. The summed E-state index contributed by atoms with van der Waals surface area (Å²) < 4.78 is 27.6. The minimum atomic E-state index is -3.52. The molecule has 2 unspecified atom stereocenters. The van der Waals surface area contributed by atoms with Gasteiger partial charge in [-0.15, -0.1) is 11.6 Å². The molecule has 3 rings (SSSR count). The Balaban J connectivity index is 1.70. The number of allylic oxidation sites excluding steroid dienone is 3. The van der Waals surface area contributed by atoms with Crippen LogP contribution in [0.4, 0.5) is 0 Å². The maximum absolute atomic E-state index is 13.0. The van der Waals surface area contributed by atoms with Gasteiger partial charge >= 0.3 is 0 Å². The third-order valence-corrected chi connectivity index (χ3v) is 7.95. The van der Waals surface area contributed by atoms with Gasteiger partial charge in [0.2, 0.25) is 10.0 Å². The lowest BCUT2D eigenvalue weighted by atomic mass is 10.00. The minimum absolute atomic E-state index is 0.107. The van der Waals surface area contributed by atoms with Crippen LogP contribution in [-0.4, -0.2) is 50.6 Å². The number of benzene rings is 1. The third-order valence-electron chi connectivity index (χ3n) is 5.38. The van der Waals surface area contributed by atoms with Gasteiger partial charge < -0.3 is 11.2 Å². The molecule has 1 aromatic carbocycles. The van der Waals surface area contributed by atoms with Crippen LogP contribution in [-0.2, 0) is 10.0 Å². The van der Waals surface area contributed by atoms with Crippen LogP contribution in [0.1, 0.15) is 24.8 Å². The van der Waals surface area contributed by atoms with E-state index in [0.29, 0.717) is 47.5 Å². The van der Waals surface area contributed by atoms with Crippen LogP contribution in [0.5, 0.6) is 0 Å². The molecule has 0 radical (unpaired) electrons. The molecular weight excluding hydrogens is 469 g/mol. The second-order valence-corrected chi connectivity index (χ2v) is 10.7. The number of alkyl halides is 1. The van der Waals surface area contributed by atoms with E-state index in [1.807, 2.05) is 18.2 Å². The van der Waals surface area contributed by atoms with Gasteiger partial charge in [0.05, 0.1) is 10.3 Å². The normalized spacial score (nSPS) is 23.2. The SMILES string of the molecule is CNNC(C=C(N)c1ccccc1Cl)=NCC1CCCN(S(=O)(=O)C2=CCC(Cl)C=C2)C1. The zero-order valence-corrected chi connectivity index (χ0v) is 20.3. The van der Waals surface area contributed by atoms with E-state index < -0.39 is 10.0 Å². The van der Waals surface area contributed by atoms with Crippen molar-refractivity contribution in [1.29, 1.82) is 0 Å². The zero-order chi connectivity index (χ0) is 23.1. The number of hydrazine groups is 1. The standard InChI is InChI=1S/C22H29Cl2N5O2S/c1-26-28-22(13-21(25)19-6-2-3-7-20(19)24)27-14-16-5-4-12-29(15-16)32(30,31)18-10-8-17(23)9-11-18/h2-3,6-8,10-11,13,16-17,26H,4-5,9,12,14-15,25H2,1H3,(H,27,28). The summed E-state index contributed by atoms with van der Waals surface area (Å²) in [6.45, 7) is 1.41. The Bertz CT molecular complexity index is 1040. The Labute approximate surface area is 200 Å². The van der Waals surface area contributed by atoms with Crippen LogP contribution in [0.3, 0.4) is 0 Å². The van der Waals surface area contributed by atoms with Crippen LogP contribution in [0, 0.1) is 5.92 Å². The maximum Gasteiger partial charge on any atom is 0.242 e. The summed E-state index contributed by atoms with van der Waals surface area (Å²) in [7, 11) is -1.79. The molecule has 1 aliphatic carbocycles. The number of aliphatic imine (C=N–C) groups is 1. The smallest absolute Gasteiger partial charge is 0.242 e. The highest BCUT2D eigenvalue weighted by atomic mass is 35.5. The van der Waals surface area contributed by atoms with Crippen LogP contribution in [0.25, 0.3) is 5.70 Å². The highest BCUT2D eigenvalue weighted by Crippen LogP contribution is 2.27. The number of nitrogens with one attached hydrogen (secondary N) is 2. The largest absolute Gasteiger partial charge is 0.398 e. The summed E-state index contributed by atoms with van der Waals surface area (Å²) in [6.07, 6.45) is 8.97. The molecule has 1 aliphatic heterocycles. The highest BCUT2D eigenvalue weighted by Gasteiger charge is 2.31. The van der Waals surface area contributed by atoms with Crippen molar-refractivity contribution in [1.82, 2.24) is 15.2 Å². The fourth-order valence-electron chi connectivity index (χ4n) is 3.71. The number of rotatable bonds is 7. The summed E-state index contributed by atoms with van der Waals surface area (Å²) in [5.41, 5.74) is 13.3. The first-order valence-electron chi connectivity index (χ1n) is 10.5. The predicted octanol–water partition coefficient (Wildman–Crippen LogP) is 3.26. The summed E-state index contributed by atoms with van der Waals surface area (Å²) in [5, 5.41) is 0.409. The molecule has 0 spiro atoms. The van der Waals surface area contributed by atoms with Gasteiger partial charge in [-0.25, -0.2) is 13.8 Å². The number of hydrogen-bond donors (Lipinski definition) is 3. The Kier molecular flexibility index (Phi) is 8.79. The van der Waals surface area contributed by atoms with Gasteiger partial charge in [-0.2, -0.15) is 4.31 Å². The molecule has 1 fully saturated rings. The Morgan fingerprint density at radius 3 is 2.84 bits per heavy atom. The van der Waals surface area contributed by atoms with Crippen LogP contribution in [0.15, 0.2) is 58.5 Å². The van der Waals surface area contributed by atoms with Crippen molar-refractivity contribution in [2.24, 2.45) is 16.6 Å². The lowest BCUT2D eigenvalue weighted by Crippen LogP contribution is -2.41. The monoisotopic (exact) mass is 497 g/mol. The maximum atomic E-state index is 13.0. The molecule has 1 saturated heterocycles. The molecule has 32 heavy (non-hydrogen) atoms. The Morgan fingerprint density at radius 2 is 2.16 bits per heavy atom. The number of hydrogen-bond acceptors (Lipinski definition) is 5. The summed E-state index contributed by atoms with van der Waals surface area (Å²) in [4.78, 5) is 4.97. The molecule has 7 nitrogen and oxygen atoms in total. The van der Waals surface area contributed by atoms with Crippen LogP contribution < -0.4 is 16.6 Å². The van der Waals surface area contributed by atoms with Gasteiger partial charge in [0.25, 0.3) is 0 Å². The molecule has 1 heterocycles. The molecule has 2 atom stereocenters. The fourth-order valence-corrected chi connectivity index (χ4v) is 5.75. The molecule has 4 N–H and O–H groups in total. The average Bonchev–Trinajstić information content (AvgIpc) is 2.78. The van der Waals surface area contributed by atoms with E-state index in [0.717, 1.165) is 18.4 Å². The number of piperidine rings is 1. The molecule has 0 bridgehead atoms. The quantitative estimate of drug-likeness (QED) is 0.232. The van der Waals surface area contributed by atoms with Crippen LogP contribution in [0.2, 0.25) is 5.02 Å². The van der Waals surface area contributed by atoms with E-state index >= 15 is 0 Å². The number of halogens is 2. The Hall–Kier alpha value is -1.84. The van der Waals surface area contributed by atoms with E-state index in [1.165, 1.54) is 0 Å². The van der Waals surface area contributed by atoms with Crippen molar-refractivity contribution in [3.63, 3.8) is 0 Å². The van der Waals surface area contributed by atoms with Crippen molar-refractivity contribution in [2.75, 3.05) is 26.7 Å². The molecule has 1 aromatic rings. The fraction of sp³-hybridized carbons (Fsp3) is 0.409. The first kappa shape index (κ1) is 24.8. The second-order valence-electron chi connectivity index (χ2n) is 7.77. The van der Waals surface area contributed by atoms with Crippen molar-refractivity contribution in [3.05, 3.63) is 64.1 Å². The highest BCUT2D eigenvalue weighted by molar-refractivity contribution is 7.93. The topological polar surface area (TPSA) is 99.8 Å². The molecule has 10 heteroatoms. The van der Waals surface area contributed by atoms with Crippen molar-refractivity contribution in [2.45, 2.75) is 24.6 Å². The molecule has 0 saturated carbocycles.